The summed E-state index contributed by atoms with van der Waals surface area (Å²) in [6.07, 6.45) is -1.89. The molecule has 1 saturated carbocycles. The van der Waals surface area contributed by atoms with Gasteiger partial charge in [0.25, 0.3) is 5.91 Å². The van der Waals surface area contributed by atoms with Crippen LogP contribution in [-0.2, 0) is 14.4 Å². The van der Waals surface area contributed by atoms with Crippen LogP contribution in [0.25, 0.3) is 0 Å². The van der Waals surface area contributed by atoms with Gasteiger partial charge < -0.3 is 10.6 Å². The first kappa shape index (κ1) is 12.5. The molecule has 0 aromatic heterocycles. The van der Waals surface area contributed by atoms with Gasteiger partial charge in [-0.1, -0.05) is 0 Å². The summed E-state index contributed by atoms with van der Waals surface area (Å²) >= 11 is 0. The van der Waals surface area contributed by atoms with Crippen LogP contribution in [-0.4, -0.2) is 36.6 Å². The monoisotopic (exact) mass is 234 g/mol. The fraction of sp³-hybridized carbons (Fsp3) is 0.667. The number of carbonyl (C=O) groups excluding carboxylic acids is 3. The topological polar surface area (TPSA) is 75.3 Å². The Bertz CT molecular complexity index is 292. The number of amides is 2. The molecule has 90 valence electrons. The summed E-state index contributed by atoms with van der Waals surface area (Å²) in [4.78, 5) is 32.7. The lowest BCUT2D eigenvalue weighted by Crippen LogP contribution is -2.46. The normalized spacial score (nSPS) is 16.7. The molecular formula is C9H12F2N2O3. The molecule has 1 unspecified atom stereocenters. The van der Waals surface area contributed by atoms with E-state index in [1.165, 1.54) is 0 Å². The lowest BCUT2D eigenvalue weighted by atomic mass is 10.1. The summed E-state index contributed by atoms with van der Waals surface area (Å²) in [6.45, 7) is 0. The van der Waals surface area contributed by atoms with E-state index in [0.29, 0.717) is 0 Å². The zero-order valence-electron chi connectivity index (χ0n) is 8.41. The lowest BCUT2D eigenvalue weighted by molar-refractivity contribution is -0.140. The SMILES string of the molecule is O=CNC(CC(F)F)C(=O)C(=O)NC1CC1. The Labute approximate surface area is 90.6 Å². The minimum atomic E-state index is -2.75. The molecule has 1 rings (SSSR count). The van der Waals surface area contributed by atoms with Gasteiger partial charge in [-0.2, -0.15) is 0 Å². The number of hydrogen-bond donors (Lipinski definition) is 2. The summed E-state index contributed by atoms with van der Waals surface area (Å²) in [5.74, 6) is -1.94. The quantitative estimate of drug-likeness (QED) is 0.465. The predicted molar refractivity (Wildman–Crippen MR) is 49.8 cm³/mol. The summed E-state index contributed by atoms with van der Waals surface area (Å²) in [5.41, 5.74) is 0. The number of nitrogens with one attached hydrogen (secondary N) is 2. The molecule has 0 aliphatic heterocycles. The molecule has 5 nitrogen and oxygen atoms in total. The first-order valence-corrected chi connectivity index (χ1v) is 4.87. The third kappa shape index (κ3) is 3.92. The summed E-state index contributed by atoms with van der Waals surface area (Å²) in [5, 5.41) is 4.29. The van der Waals surface area contributed by atoms with E-state index in [1.807, 2.05) is 5.32 Å². The van der Waals surface area contributed by atoms with Crippen LogP contribution in [0.3, 0.4) is 0 Å². The molecule has 1 fully saturated rings. The molecule has 0 aromatic carbocycles. The van der Waals surface area contributed by atoms with Crippen molar-refractivity contribution in [2.75, 3.05) is 0 Å². The number of Topliss-reactive ketones (excluding diaryl/α,β-unsaturated/α-hetero) is 1. The van der Waals surface area contributed by atoms with Crippen molar-refractivity contribution in [1.29, 1.82) is 0 Å². The van der Waals surface area contributed by atoms with E-state index in [0.717, 1.165) is 12.8 Å². The molecule has 2 N–H and O–H groups in total. The van der Waals surface area contributed by atoms with Crippen LogP contribution >= 0.6 is 0 Å². The van der Waals surface area contributed by atoms with Crippen molar-refractivity contribution in [3.8, 4) is 0 Å². The molecule has 7 heteroatoms. The zero-order valence-corrected chi connectivity index (χ0v) is 8.41. The van der Waals surface area contributed by atoms with Crippen molar-refractivity contribution in [2.45, 2.75) is 37.8 Å². The van der Waals surface area contributed by atoms with Gasteiger partial charge in [0, 0.05) is 12.5 Å². The second-order valence-electron chi connectivity index (χ2n) is 3.58. The highest BCUT2D eigenvalue weighted by Gasteiger charge is 2.31. The van der Waals surface area contributed by atoms with Crippen molar-refractivity contribution < 1.29 is 23.2 Å². The molecule has 0 aromatic rings. The molecule has 0 spiro atoms. The van der Waals surface area contributed by atoms with Gasteiger partial charge in [-0.3, -0.25) is 14.4 Å². The number of rotatable bonds is 7. The van der Waals surface area contributed by atoms with Crippen LogP contribution in [0.15, 0.2) is 0 Å². The second-order valence-corrected chi connectivity index (χ2v) is 3.58. The summed E-state index contributed by atoms with van der Waals surface area (Å²) in [7, 11) is 0. The van der Waals surface area contributed by atoms with Crippen molar-refractivity contribution in [2.24, 2.45) is 0 Å². The van der Waals surface area contributed by atoms with Crippen LogP contribution < -0.4 is 10.6 Å². The van der Waals surface area contributed by atoms with E-state index >= 15 is 0 Å². The highest BCUT2D eigenvalue weighted by atomic mass is 19.3. The lowest BCUT2D eigenvalue weighted by Gasteiger charge is -2.13. The van der Waals surface area contributed by atoms with E-state index in [-0.39, 0.29) is 12.5 Å². The van der Waals surface area contributed by atoms with Crippen LogP contribution in [0.4, 0.5) is 8.78 Å². The highest BCUT2D eigenvalue weighted by Crippen LogP contribution is 2.18. The van der Waals surface area contributed by atoms with E-state index in [9.17, 15) is 23.2 Å². The molecule has 1 aliphatic carbocycles. The van der Waals surface area contributed by atoms with Crippen LogP contribution in [0.2, 0.25) is 0 Å². The zero-order chi connectivity index (χ0) is 12.1. The minimum absolute atomic E-state index is 0.0279. The molecule has 0 radical (unpaired) electrons. The van der Waals surface area contributed by atoms with Crippen molar-refractivity contribution in [1.82, 2.24) is 10.6 Å². The number of halogens is 2. The fourth-order valence-electron chi connectivity index (χ4n) is 1.15. The number of alkyl halides is 2. The second kappa shape index (κ2) is 5.53. The van der Waals surface area contributed by atoms with Gasteiger partial charge in [0.2, 0.25) is 18.6 Å². The third-order valence-electron chi connectivity index (χ3n) is 2.14. The first-order chi connectivity index (χ1) is 7.54. The molecule has 0 heterocycles. The van der Waals surface area contributed by atoms with E-state index in [4.69, 9.17) is 0 Å². The van der Waals surface area contributed by atoms with Crippen LogP contribution in [0.1, 0.15) is 19.3 Å². The fourth-order valence-corrected chi connectivity index (χ4v) is 1.15. The van der Waals surface area contributed by atoms with Crippen LogP contribution in [0, 0.1) is 0 Å². The highest BCUT2D eigenvalue weighted by molar-refractivity contribution is 6.38. The number of hydrogen-bond acceptors (Lipinski definition) is 3. The molecule has 0 saturated heterocycles. The van der Waals surface area contributed by atoms with Crippen molar-refractivity contribution in [3.05, 3.63) is 0 Å². The molecule has 1 aliphatic rings. The Morgan fingerprint density at radius 3 is 2.44 bits per heavy atom. The molecule has 1 atom stereocenters. The first-order valence-electron chi connectivity index (χ1n) is 4.87. The van der Waals surface area contributed by atoms with Crippen LogP contribution in [0.5, 0.6) is 0 Å². The average Bonchev–Trinajstić information content (AvgIpc) is 2.99. The summed E-state index contributed by atoms with van der Waals surface area (Å²) in [6, 6.07) is -1.48. The molecule has 16 heavy (non-hydrogen) atoms. The standard InChI is InChI=1S/C9H12F2N2O3/c10-7(11)3-6(12-4-14)8(15)9(16)13-5-1-2-5/h4-7H,1-3H2,(H,12,14)(H,13,16). The molecule has 2 amide bonds. The molecular weight excluding hydrogens is 222 g/mol. The maximum Gasteiger partial charge on any atom is 0.289 e. The predicted octanol–water partition coefficient (Wildman–Crippen LogP) is -0.396. The van der Waals surface area contributed by atoms with Crippen molar-refractivity contribution >= 4 is 18.1 Å². The van der Waals surface area contributed by atoms with E-state index in [1.54, 1.807) is 0 Å². The summed E-state index contributed by atoms with van der Waals surface area (Å²) < 4.78 is 24.1. The van der Waals surface area contributed by atoms with Gasteiger partial charge in [-0.25, -0.2) is 8.78 Å². The van der Waals surface area contributed by atoms with Gasteiger partial charge in [0.1, 0.15) is 6.04 Å². The smallest absolute Gasteiger partial charge is 0.289 e. The van der Waals surface area contributed by atoms with Gasteiger partial charge >= 0.3 is 0 Å². The third-order valence-corrected chi connectivity index (χ3v) is 2.14. The Hall–Kier alpha value is -1.53. The number of ketones is 1. The van der Waals surface area contributed by atoms with Gasteiger partial charge in [0.15, 0.2) is 0 Å². The largest absolute Gasteiger partial charge is 0.348 e. The number of carbonyl (C=O) groups is 3. The Balaban J connectivity index is 2.49. The average molecular weight is 234 g/mol. The Morgan fingerprint density at radius 1 is 1.38 bits per heavy atom. The van der Waals surface area contributed by atoms with Gasteiger partial charge in [-0.05, 0) is 12.8 Å². The maximum absolute atomic E-state index is 12.1. The Morgan fingerprint density at radius 2 is 2.00 bits per heavy atom. The van der Waals surface area contributed by atoms with E-state index < -0.39 is 30.6 Å². The Kier molecular flexibility index (Phi) is 4.33. The van der Waals surface area contributed by atoms with Crippen molar-refractivity contribution in [3.63, 3.8) is 0 Å². The van der Waals surface area contributed by atoms with E-state index in [2.05, 4.69) is 5.32 Å². The van der Waals surface area contributed by atoms with Gasteiger partial charge in [-0.15, -0.1) is 0 Å². The molecule has 0 bridgehead atoms. The minimum Gasteiger partial charge on any atom is -0.348 e. The maximum atomic E-state index is 12.1. The van der Waals surface area contributed by atoms with Gasteiger partial charge in [0.05, 0.1) is 0 Å².